The summed E-state index contributed by atoms with van der Waals surface area (Å²) in [5.41, 5.74) is 1.33. The van der Waals surface area contributed by atoms with Gasteiger partial charge in [-0.2, -0.15) is 0 Å². The molecule has 0 aliphatic heterocycles. The van der Waals surface area contributed by atoms with Crippen molar-refractivity contribution < 1.29 is 0 Å². The Balaban J connectivity index is 2.02. The fourth-order valence-corrected chi connectivity index (χ4v) is 3.29. The van der Waals surface area contributed by atoms with E-state index in [9.17, 15) is 0 Å². The lowest BCUT2D eigenvalue weighted by molar-refractivity contribution is 0.500. The van der Waals surface area contributed by atoms with Crippen LogP contribution in [0.4, 0.5) is 0 Å². The van der Waals surface area contributed by atoms with Crippen molar-refractivity contribution in [2.24, 2.45) is 0 Å². The molecule has 3 heteroatoms. The molecule has 0 fully saturated rings. The van der Waals surface area contributed by atoms with Crippen LogP contribution < -0.4 is 5.32 Å². The highest BCUT2D eigenvalue weighted by atomic mass is 79.9. The minimum atomic E-state index is 0.368. The number of hydrogen-bond acceptors (Lipinski definition) is 2. The lowest BCUT2D eigenvalue weighted by Crippen LogP contribution is -2.21. The molecule has 2 atom stereocenters. The molecule has 0 amide bonds. The van der Waals surface area contributed by atoms with E-state index in [4.69, 9.17) is 0 Å². The Kier molecular flexibility index (Phi) is 4.37. The largest absolute Gasteiger partial charge is 0.303 e. The monoisotopic (exact) mass is 309 g/mol. The number of nitrogens with one attached hydrogen (secondary N) is 1. The molecule has 0 aliphatic carbocycles. The Morgan fingerprint density at radius 2 is 1.71 bits per heavy atom. The summed E-state index contributed by atoms with van der Waals surface area (Å²) in [4.78, 5) is 1.36. The number of benzene rings is 1. The van der Waals surface area contributed by atoms with Crippen LogP contribution in [0.5, 0.6) is 0 Å². The summed E-state index contributed by atoms with van der Waals surface area (Å²) in [7, 11) is 0. The molecule has 0 radical (unpaired) electrons. The van der Waals surface area contributed by atoms with Crippen LogP contribution in [0.25, 0.3) is 0 Å². The summed E-state index contributed by atoms with van der Waals surface area (Å²) in [6.07, 6.45) is 0. The summed E-state index contributed by atoms with van der Waals surface area (Å²) in [5, 5.41) is 3.62. The lowest BCUT2D eigenvalue weighted by atomic mass is 10.1. The number of halogens is 1. The molecule has 0 bridgehead atoms. The van der Waals surface area contributed by atoms with E-state index in [0.717, 1.165) is 0 Å². The zero-order valence-corrected chi connectivity index (χ0v) is 12.4. The highest BCUT2D eigenvalue weighted by Crippen LogP contribution is 2.28. The molecular formula is C14H16BrNS. The molecule has 17 heavy (non-hydrogen) atoms. The van der Waals surface area contributed by atoms with Crippen molar-refractivity contribution in [2.45, 2.75) is 25.9 Å². The molecule has 2 rings (SSSR count). The molecule has 0 aliphatic rings. The maximum atomic E-state index is 3.62. The maximum absolute atomic E-state index is 3.62. The Bertz CT molecular complexity index is 466. The summed E-state index contributed by atoms with van der Waals surface area (Å²) >= 11 is 5.29. The fourth-order valence-electron chi connectivity index (χ4n) is 1.86. The van der Waals surface area contributed by atoms with Gasteiger partial charge >= 0.3 is 0 Å². The van der Waals surface area contributed by atoms with Crippen molar-refractivity contribution in [1.29, 1.82) is 0 Å². The number of thiophene rings is 1. The number of hydrogen-bond donors (Lipinski definition) is 1. The summed E-state index contributed by atoms with van der Waals surface area (Å²) < 4.78 is 1.19. The molecule has 1 N–H and O–H groups in total. The van der Waals surface area contributed by atoms with Crippen LogP contribution in [0.1, 0.15) is 36.4 Å². The van der Waals surface area contributed by atoms with Gasteiger partial charge in [0.1, 0.15) is 0 Å². The van der Waals surface area contributed by atoms with Crippen LogP contribution in [0.2, 0.25) is 0 Å². The molecule has 2 aromatic rings. The highest BCUT2D eigenvalue weighted by molar-refractivity contribution is 9.11. The first-order chi connectivity index (χ1) is 8.16. The lowest BCUT2D eigenvalue weighted by Gasteiger charge is -2.19. The Morgan fingerprint density at radius 1 is 1.00 bits per heavy atom. The molecule has 1 heterocycles. The third-order valence-electron chi connectivity index (χ3n) is 2.82. The van der Waals surface area contributed by atoms with Crippen LogP contribution >= 0.6 is 27.3 Å². The molecule has 0 saturated heterocycles. The first-order valence-electron chi connectivity index (χ1n) is 5.73. The number of rotatable bonds is 4. The SMILES string of the molecule is CC(N[C@@H](C)c1ccccc1)c1ccc(Br)s1. The molecule has 1 unspecified atom stereocenters. The van der Waals surface area contributed by atoms with Crippen molar-refractivity contribution in [2.75, 3.05) is 0 Å². The van der Waals surface area contributed by atoms with Crippen molar-refractivity contribution in [1.82, 2.24) is 5.32 Å². The van der Waals surface area contributed by atoms with Gasteiger partial charge in [0, 0.05) is 17.0 Å². The van der Waals surface area contributed by atoms with Gasteiger partial charge in [-0.15, -0.1) is 11.3 Å². The minimum Gasteiger partial charge on any atom is -0.303 e. The van der Waals surface area contributed by atoms with Gasteiger partial charge in [-0.1, -0.05) is 30.3 Å². The Hall–Kier alpha value is -0.640. The van der Waals surface area contributed by atoms with Crippen LogP contribution in [0, 0.1) is 0 Å². The van der Waals surface area contributed by atoms with Gasteiger partial charge in [0.05, 0.1) is 3.79 Å². The molecule has 0 saturated carbocycles. The van der Waals surface area contributed by atoms with Crippen LogP contribution in [-0.4, -0.2) is 0 Å². The quantitative estimate of drug-likeness (QED) is 0.845. The molecule has 0 spiro atoms. The molecule has 1 aromatic carbocycles. The predicted molar refractivity (Wildman–Crippen MR) is 78.4 cm³/mol. The summed E-state index contributed by atoms with van der Waals surface area (Å²) in [5.74, 6) is 0. The minimum absolute atomic E-state index is 0.368. The normalized spacial score (nSPS) is 14.5. The van der Waals surface area contributed by atoms with Gasteiger partial charge in [-0.05, 0) is 47.5 Å². The zero-order chi connectivity index (χ0) is 12.3. The predicted octanol–water partition coefficient (Wildman–Crippen LogP) is 4.92. The molecule has 1 aromatic heterocycles. The Morgan fingerprint density at radius 3 is 2.29 bits per heavy atom. The van der Waals surface area contributed by atoms with Gasteiger partial charge in [-0.25, -0.2) is 0 Å². The van der Waals surface area contributed by atoms with E-state index in [1.807, 2.05) is 0 Å². The van der Waals surface area contributed by atoms with E-state index in [1.165, 1.54) is 14.2 Å². The molecule has 90 valence electrons. The smallest absolute Gasteiger partial charge is 0.0701 e. The van der Waals surface area contributed by atoms with Crippen LogP contribution in [-0.2, 0) is 0 Å². The van der Waals surface area contributed by atoms with Crippen LogP contribution in [0.15, 0.2) is 46.3 Å². The van der Waals surface area contributed by atoms with Crippen molar-refractivity contribution in [3.8, 4) is 0 Å². The summed E-state index contributed by atoms with van der Waals surface area (Å²) in [6, 6.07) is 15.6. The van der Waals surface area contributed by atoms with E-state index in [2.05, 4.69) is 77.6 Å². The second-order valence-electron chi connectivity index (χ2n) is 4.16. The Labute approximate surface area is 115 Å². The topological polar surface area (TPSA) is 12.0 Å². The second-order valence-corrected chi connectivity index (χ2v) is 6.66. The molecular weight excluding hydrogens is 294 g/mol. The zero-order valence-electron chi connectivity index (χ0n) is 9.98. The van der Waals surface area contributed by atoms with Crippen LogP contribution in [0.3, 0.4) is 0 Å². The van der Waals surface area contributed by atoms with Crippen molar-refractivity contribution in [3.05, 3.63) is 56.7 Å². The van der Waals surface area contributed by atoms with E-state index >= 15 is 0 Å². The highest BCUT2D eigenvalue weighted by Gasteiger charge is 2.12. The third kappa shape index (κ3) is 3.41. The average molecular weight is 310 g/mol. The maximum Gasteiger partial charge on any atom is 0.0701 e. The van der Waals surface area contributed by atoms with Gasteiger partial charge in [0.25, 0.3) is 0 Å². The van der Waals surface area contributed by atoms with Crippen molar-refractivity contribution in [3.63, 3.8) is 0 Å². The fraction of sp³-hybridized carbons (Fsp3) is 0.286. The van der Waals surface area contributed by atoms with E-state index in [1.54, 1.807) is 11.3 Å². The van der Waals surface area contributed by atoms with Gasteiger partial charge < -0.3 is 5.32 Å². The van der Waals surface area contributed by atoms with Crippen molar-refractivity contribution >= 4 is 27.3 Å². The van der Waals surface area contributed by atoms with Gasteiger partial charge in [0.2, 0.25) is 0 Å². The molecule has 1 nitrogen and oxygen atoms in total. The van der Waals surface area contributed by atoms with E-state index in [-0.39, 0.29) is 0 Å². The summed E-state index contributed by atoms with van der Waals surface area (Å²) in [6.45, 7) is 4.41. The van der Waals surface area contributed by atoms with Gasteiger partial charge in [0.15, 0.2) is 0 Å². The first-order valence-corrected chi connectivity index (χ1v) is 7.34. The van der Waals surface area contributed by atoms with E-state index in [0.29, 0.717) is 12.1 Å². The third-order valence-corrected chi connectivity index (χ3v) is 4.63. The first kappa shape index (κ1) is 12.8. The van der Waals surface area contributed by atoms with E-state index < -0.39 is 0 Å². The van der Waals surface area contributed by atoms with Gasteiger partial charge in [-0.3, -0.25) is 0 Å². The average Bonchev–Trinajstić information content (AvgIpc) is 2.77. The standard InChI is InChI=1S/C14H16BrNS/c1-10(12-6-4-3-5-7-12)16-11(2)13-8-9-14(15)17-13/h3-11,16H,1-2H3/t10-,11?/m0/s1. The second kappa shape index (κ2) is 5.80.